The summed E-state index contributed by atoms with van der Waals surface area (Å²) in [7, 11) is 1.62. The standard InChI is InChI=1S/C15H22N2O3/c1-20-14-7-3-2-5-12(14)9-16-15(19)11-17-8-4-6-13(18)10-17/h2-3,5,7,13,18H,4,6,8-11H2,1H3,(H,16,19). The van der Waals surface area contributed by atoms with Gasteiger partial charge in [0.2, 0.25) is 5.91 Å². The molecule has 1 aliphatic heterocycles. The quantitative estimate of drug-likeness (QED) is 0.835. The lowest BCUT2D eigenvalue weighted by Gasteiger charge is -2.29. The Balaban J connectivity index is 1.80. The fourth-order valence-corrected chi connectivity index (χ4v) is 2.48. The molecule has 0 saturated carbocycles. The number of carbonyl (C=O) groups is 1. The number of hydrogen-bond acceptors (Lipinski definition) is 4. The van der Waals surface area contributed by atoms with E-state index in [1.165, 1.54) is 0 Å². The van der Waals surface area contributed by atoms with Gasteiger partial charge in [-0.1, -0.05) is 18.2 Å². The van der Waals surface area contributed by atoms with Gasteiger partial charge in [0.15, 0.2) is 0 Å². The van der Waals surface area contributed by atoms with Crippen molar-refractivity contribution in [1.29, 1.82) is 0 Å². The van der Waals surface area contributed by atoms with Crippen molar-refractivity contribution in [2.24, 2.45) is 0 Å². The van der Waals surface area contributed by atoms with Gasteiger partial charge in [-0.2, -0.15) is 0 Å². The van der Waals surface area contributed by atoms with Crippen LogP contribution in [0.4, 0.5) is 0 Å². The van der Waals surface area contributed by atoms with Gasteiger partial charge in [-0.15, -0.1) is 0 Å². The van der Waals surface area contributed by atoms with E-state index in [-0.39, 0.29) is 12.0 Å². The fraction of sp³-hybridized carbons (Fsp3) is 0.533. The number of rotatable bonds is 5. The van der Waals surface area contributed by atoms with E-state index in [1.807, 2.05) is 29.2 Å². The lowest BCUT2D eigenvalue weighted by atomic mass is 10.1. The first-order valence-corrected chi connectivity index (χ1v) is 6.98. The van der Waals surface area contributed by atoms with Crippen molar-refractivity contribution in [3.05, 3.63) is 29.8 Å². The van der Waals surface area contributed by atoms with Gasteiger partial charge in [0.05, 0.1) is 19.8 Å². The molecule has 1 saturated heterocycles. The lowest BCUT2D eigenvalue weighted by Crippen LogP contribution is -2.44. The molecule has 1 aromatic rings. The summed E-state index contributed by atoms with van der Waals surface area (Å²) in [4.78, 5) is 13.9. The molecule has 1 aromatic carbocycles. The minimum absolute atomic E-state index is 0.0231. The zero-order valence-corrected chi connectivity index (χ0v) is 11.8. The van der Waals surface area contributed by atoms with E-state index in [0.717, 1.165) is 30.7 Å². The van der Waals surface area contributed by atoms with Gasteiger partial charge in [0.1, 0.15) is 5.75 Å². The van der Waals surface area contributed by atoms with Gasteiger partial charge in [0, 0.05) is 18.7 Å². The third-order valence-corrected chi connectivity index (χ3v) is 3.52. The minimum atomic E-state index is -0.300. The summed E-state index contributed by atoms with van der Waals surface area (Å²) < 4.78 is 5.25. The van der Waals surface area contributed by atoms with Gasteiger partial charge in [-0.3, -0.25) is 9.69 Å². The van der Waals surface area contributed by atoms with Crippen LogP contribution in [0.3, 0.4) is 0 Å². The van der Waals surface area contributed by atoms with Crippen molar-refractivity contribution < 1.29 is 14.6 Å². The summed E-state index contributed by atoms with van der Waals surface area (Å²) in [6, 6.07) is 7.64. The van der Waals surface area contributed by atoms with Crippen molar-refractivity contribution in [2.75, 3.05) is 26.7 Å². The number of β-amino-alcohol motifs (C(OH)–C–C–N with tert-alkyl or cyclic N) is 1. The maximum absolute atomic E-state index is 11.9. The number of piperidine rings is 1. The lowest BCUT2D eigenvalue weighted by molar-refractivity contribution is -0.123. The second-order valence-corrected chi connectivity index (χ2v) is 5.12. The predicted octanol–water partition coefficient (Wildman–Crippen LogP) is 0.768. The van der Waals surface area contributed by atoms with Crippen LogP contribution >= 0.6 is 0 Å². The Morgan fingerprint density at radius 1 is 1.50 bits per heavy atom. The van der Waals surface area contributed by atoms with Crippen molar-refractivity contribution in [3.63, 3.8) is 0 Å². The van der Waals surface area contributed by atoms with Crippen LogP contribution in [0.25, 0.3) is 0 Å². The summed E-state index contributed by atoms with van der Waals surface area (Å²) in [6.07, 6.45) is 1.48. The molecule has 5 nitrogen and oxygen atoms in total. The smallest absolute Gasteiger partial charge is 0.234 e. The van der Waals surface area contributed by atoms with Gasteiger partial charge >= 0.3 is 0 Å². The predicted molar refractivity (Wildman–Crippen MR) is 76.5 cm³/mol. The molecule has 110 valence electrons. The molecular formula is C15H22N2O3. The molecule has 0 aliphatic carbocycles. The summed E-state index contributed by atoms with van der Waals surface area (Å²) in [5, 5.41) is 12.5. The number of para-hydroxylation sites is 1. The van der Waals surface area contributed by atoms with Crippen LogP contribution in [0, 0.1) is 0 Å². The van der Waals surface area contributed by atoms with Gasteiger partial charge in [-0.05, 0) is 25.5 Å². The molecule has 1 atom stereocenters. The summed E-state index contributed by atoms with van der Waals surface area (Å²) in [6.45, 7) is 2.26. The molecule has 0 spiro atoms. The Morgan fingerprint density at radius 2 is 2.30 bits per heavy atom. The number of hydrogen-bond donors (Lipinski definition) is 2. The highest BCUT2D eigenvalue weighted by molar-refractivity contribution is 5.78. The maximum atomic E-state index is 11.9. The summed E-state index contributed by atoms with van der Waals surface area (Å²) in [5.41, 5.74) is 0.960. The Bertz CT molecular complexity index is 450. The molecule has 1 aliphatic rings. The van der Waals surface area contributed by atoms with E-state index >= 15 is 0 Å². The topological polar surface area (TPSA) is 61.8 Å². The van der Waals surface area contributed by atoms with Crippen molar-refractivity contribution in [3.8, 4) is 5.75 Å². The Morgan fingerprint density at radius 3 is 3.05 bits per heavy atom. The molecule has 2 N–H and O–H groups in total. The van der Waals surface area contributed by atoms with Crippen LogP contribution in [0.1, 0.15) is 18.4 Å². The number of likely N-dealkylation sites (tertiary alicyclic amines) is 1. The fourth-order valence-electron chi connectivity index (χ4n) is 2.48. The Labute approximate surface area is 119 Å². The number of benzene rings is 1. The van der Waals surface area contributed by atoms with Crippen LogP contribution in [0.2, 0.25) is 0 Å². The first-order valence-electron chi connectivity index (χ1n) is 6.98. The van der Waals surface area contributed by atoms with Crippen LogP contribution in [-0.2, 0) is 11.3 Å². The molecule has 0 radical (unpaired) electrons. The number of carbonyl (C=O) groups excluding carboxylic acids is 1. The minimum Gasteiger partial charge on any atom is -0.496 e. The largest absolute Gasteiger partial charge is 0.496 e. The van der Waals surface area contributed by atoms with E-state index in [4.69, 9.17) is 4.74 Å². The van der Waals surface area contributed by atoms with Crippen LogP contribution < -0.4 is 10.1 Å². The monoisotopic (exact) mass is 278 g/mol. The number of aliphatic hydroxyl groups is 1. The van der Waals surface area contributed by atoms with Crippen molar-refractivity contribution in [2.45, 2.75) is 25.5 Å². The van der Waals surface area contributed by atoms with E-state index in [2.05, 4.69) is 5.32 Å². The third-order valence-electron chi connectivity index (χ3n) is 3.52. The molecular weight excluding hydrogens is 256 g/mol. The van der Waals surface area contributed by atoms with E-state index in [1.54, 1.807) is 7.11 Å². The molecule has 0 bridgehead atoms. The maximum Gasteiger partial charge on any atom is 0.234 e. The van der Waals surface area contributed by atoms with Crippen molar-refractivity contribution >= 4 is 5.91 Å². The molecule has 20 heavy (non-hydrogen) atoms. The number of ether oxygens (including phenoxy) is 1. The van der Waals surface area contributed by atoms with Crippen LogP contribution in [-0.4, -0.2) is 48.8 Å². The molecule has 2 rings (SSSR count). The molecule has 0 aromatic heterocycles. The van der Waals surface area contributed by atoms with Crippen LogP contribution in [0.15, 0.2) is 24.3 Å². The van der Waals surface area contributed by atoms with Gasteiger partial charge in [0.25, 0.3) is 0 Å². The first kappa shape index (κ1) is 14.8. The third kappa shape index (κ3) is 4.21. The van der Waals surface area contributed by atoms with Gasteiger partial charge < -0.3 is 15.2 Å². The van der Waals surface area contributed by atoms with Gasteiger partial charge in [-0.25, -0.2) is 0 Å². The SMILES string of the molecule is COc1ccccc1CNC(=O)CN1CCCC(O)C1. The number of nitrogens with zero attached hydrogens (tertiary/aromatic N) is 1. The van der Waals surface area contributed by atoms with Crippen molar-refractivity contribution in [1.82, 2.24) is 10.2 Å². The molecule has 1 unspecified atom stereocenters. The first-order chi connectivity index (χ1) is 9.69. The molecule has 1 fully saturated rings. The summed E-state index contributed by atoms with van der Waals surface area (Å²) in [5.74, 6) is 0.756. The van der Waals surface area contributed by atoms with Crippen LogP contribution in [0.5, 0.6) is 5.75 Å². The number of amides is 1. The molecule has 1 amide bonds. The second-order valence-electron chi connectivity index (χ2n) is 5.12. The Kier molecular flexibility index (Phi) is 5.38. The zero-order valence-electron chi connectivity index (χ0n) is 11.8. The number of methoxy groups -OCH3 is 1. The highest BCUT2D eigenvalue weighted by Gasteiger charge is 2.19. The highest BCUT2D eigenvalue weighted by Crippen LogP contribution is 2.16. The van der Waals surface area contributed by atoms with E-state index < -0.39 is 0 Å². The number of nitrogens with one attached hydrogen (secondary N) is 1. The summed E-state index contributed by atoms with van der Waals surface area (Å²) >= 11 is 0. The van der Waals surface area contributed by atoms with E-state index in [9.17, 15) is 9.90 Å². The zero-order chi connectivity index (χ0) is 14.4. The number of aliphatic hydroxyl groups excluding tert-OH is 1. The highest BCUT2D eigenvalue weighted by atomic mass is 16.5. The second kappa shape index (κ2) is 7.26. The average Bonchev–Trinajstić information content (AvgIpc) is 2.45. The normalized spacial score (nSPS) is 19.6. The average molecular weight is 278 g/mol. The molecule has 1 heterocycles. The van der Waals surface area contributed by atoms with E-state index in [0.29, 0.717) is 19.6 Å². The molecule has 5 heteroatoms. The Hall–Kier alpha value is -1.59.